The molecule has 0 bridgehead atoms. The fraction of sp³-hybridized carbons (Fsp3) is 0.538. The van der Waals surface area contributed by atoms with Crippen LogP contribution in [-0.4, -0.2) is 43.4 Å². The molecular weight excluding hydrogens is 202 g/mol. The third kappa shape index (κ3) is 4.64. The lowest BCUT2D eigenvalue weighted by atomic mass is 10.2. The molecule has 0 radical (unpaired) electrons. The molecule has 0 spiro atoms. The molecule has 0 aromatic heterocycles. The van der Waals surface area contributed by atoms with E-state index < -0.39 is 6.10 Å². The average Bonchev–Trinajstić information content (AvgIpc) is 2.26. The number of nitrogens with zero attached hydrogens (tertiary/aromatic N) is 1. The van der Waals surface area contributed by atoms with Gasteiger partial charge in [0, 0.05) is 6.54 Å². The monoisotopic (exact) mass is 223 g/mol. The molecule has 0 fully saturated rings. The third-order valence-corrected chi connectivity index (χ3v) is 2.35. The van der Waals surface area contributed by atoms with Crippen molar-refractivity contribution in [3.8, 4) is 5.75 Å². The molecule has 0 amide bonds. The Labute approximate surface area is 97.7 Å². The summed E-state index contributed by atoms with van der Waals surface area (Å²) in [5, 5.41) is 9.62. The van der Waals surface area contributed by atoms with E-state index in [0.29, 0.717) is 13.2 Å². The van der Waals surface area contributed by atoms with E-state index in [9.17, 15) is 5.11 Å². The molecule has 3 nitrogen and oxygen atoms in total. The van der Waals surface area contributed by atoms with Crippen LogP contribution >= 0.6 is 0 Å². The van der Waals surface area contributed by atoms with Gasteiger partial charge in [0.05, 0.1) is 0 Å². The van der Waals surface area contributed by atoms with Gasteiger partial charge in [0.25, 0.3) is 0 Å². The molecule has 0 aliphatic heterocycles. The van der Waals surface area contributed by atoms with E-state index in [1.54, 1.807) is 0 Å². The van der Waals surface area contributed by atoms with Gasteiger partial charge in [-0.05, 0) is 38.2 Å². The van der Waals surface area contributed by atoms with Crippen LogP contribution in [-0.2, 0) is 6.42 Å². The number of aliphatic hydroxyl groups excluding tert-OH is 1. The van der Waals surface area contributed by atoms with Gasteiger partial charge in [0.2, 0.25) is 0 Å². The summed E-state index contributed by atoms with van der Waals surface area (Å²) in [6, 6.07) is 7.99. The number of benzene rings is 1. The van der Waals surface area contributed by atoms with Crippen molar-refractivity contribution in [3.63, 3.8) is 0 Å². The van der Waals surface area contributed by atoms with Gasteiger partial charge in [-0.1, -0.05) is 19.1 Å². The highest BCUT2D eigenvalue weighted by atomic mass is 16.5. The number of rotatable bonds is 6. The Bertz CT molecular complexity index is 295. The lowest BCUT2D eigenvalue weighted by Gasteiger charge is -2.16. The minimum Gasteiger partial charge on any atom is -0.491 e. The van der Waals surface area contributed by atoms with Crippen LogP contribution in [0.3, 0.4) is 0 Å². The van der Waals surface area contributed by atoms with Gasteiger partial charge in [-0.25, -0.2) is 0 Å². The molecule has 1 atom stereocenters. The Kier molecular flexibility index (Phi) is 5.29. The van der Waals surface area contributed by atoms with Crippen LogP contribution in [0.25, 0.3) is 0 Å². The number of aryl methyl sites for hydroxylation is 1. The van der Waals surface area contributed by atoms with Crippen molar-refractivity contribution in [2.24, 2.45) is 0 Å². The molecule has 0 aliphatic carbocycles. The zero-order valence-corrected chi connectivity index (χ0v) is 10.3. The van der Waals surface area contributed by atoms with Crippen molar-refractivity contribution in [2.45, 2.75) is 19.4 Å². The Morgan fingerprint density at radius 1 is 1.25 bits per heavy atom. The van der Waals surface area contributed by atoms with Gasteiger partial charge in [0.1, 0.15) is 18.5 Å². The molecule has 1 unspecified atom stereocenters. The second kappa shape index (κ2) is 6.51. The van der Waals surface area contributed by atoms with E-state index in [1.165, 1.54) is 5.56 Å². The van der Waals surface area contributed by atoms with E-state index in [2.05, 4.69) is 6.92 Å². The molecule has 0 saturated heterocycles. The van der Waals surface area contributed by atoms with Gasteiger partial charge in [0.15, 0.2) is 0 Å². The molecule has 1 rings (SSSR count). The Morgan fingerprint density at radius 2 is 1.88 bits per heavy atom. The fourth-order valence-electron chi connectivity index (χ4n) is 1.49. The third-order valence-electron chi connectivity index (χ3n) is 2.35. The van der Waals surface area contributed by atoms with Crippen molar-refractivity contribution in [2.75, 3.05) is 27.2 Å². The van der Waals surface area contributed by atoms with E-state index in [4.69, 9.17) is 4.74 Å². The molecule has 1 N–H and O–H groups in total. The van der Waals surface area contributed by atoms with Crippen molar-refractivity contribution in [1.82, 2.24) is 4.90 Å². The minimum atomic E-state index is -0.444. The maximum absolute atomic E-state index is 9.62. The summed E-state index contributed by atoms with van der Waals surface area (Å²) >= 11 is 0. The standard InChI is InChI=1S/C13H21NO2/c1-4-11-5-7-13(8-6-11)16-10-12(15)9-14(2)3/h5-8,12,15H,4,9-10H2,1-3H3. The Morgan fingerprint density at radius 3 is 2.38 bits per heavy atom. The topological polar surface area (TPSA) is 32.7 Å². The van der Waals surface area contributed by atoms with E-state index >= 15 is 0 Å². The fourth-order valence-corrected chi connectivity index (χ4v) is 1.49. The maximum atomic E-state index is 9.62. The summed E-state index contributed by atoms with van der Waals surface area (Å²) in [5.41, 5.74) is 1.29. The van der Waals surface area contributed by atoms with E-state index in [-0.39, 0.29) is 0 Å². The Balaban J connectivity index is 2.36. The first kappa shape index (κ1) is 13.0. The summed E-state index contributed by atoms with van der Waals surface area (Å²) < 4.78 is 5.49. The van der Waals surface area contributed by atoms with Gasteiger partial charge in [-0.15, -0.1) is 0 Å². The smallest absolute Gasteiger partial charge is 0.119 e. The number of aliphatic hydroxyl groups is 1. The normalized spacial score (nSPS) is 12.8. The van der Waals surface area contributed by atoms with Crippen LogP contribution in [0.5, 0.6) is 5.75 Å². The number of ether oxygens (including phenoxy) is 1. The number of hydrogen-bond acceptors (Lipinski definition) is 3. The second-order valence-electron chi connectivity index (χ2n) is 4.22. The van der Waals surface area contributed by atoms with Crippen LogP contribution in [0.4, 0.5) is 0 Å². The minimum absolute atomic E-state index is 0.337. The summed E-state index contributed by atoms with van der Waals surface area (Å²) in [4.78, 5) is 1.94. The highest BCUT2D eigenvalue weighted by Crippen LogP contribution is 2.12. The first-order valence-corrected chi connectivity index (χ1v) is 5.66. The highest BCUT2D eigenvalue weighted by Gasteiger charge is 2.06. The van der Waals surface area contributed by atoms with Crippen LogP contribution in [0.2, 0.25) is 0 Å². The van der Waals surface area contributed by atoms with Gasteiger partial charge in [-0.3, -0.25) is 0 Å². The number of likely N-dealkylation sites (N-methyl/N-ethyl adjacent to an activating group) is 1. The maximum Gasteiger partial charge on any atom is 0.119 e. The zero-order valence-electron chi connectivity index (χ0n) is 10.3. The van der Waals surface area contributed by atoms with Crippen molar-refractivity contribution in [3.05, 3.63) is 29.8 Å². The van der Waals surface area contributed by atoms with Crippen molar-refractivity contribution in [1.29, 1.82) is 0 Å². The molecule has 0 heterocycles. The molecule has 1 aromatic carbocycles. The second-order valence-corrected chi connectivity index (χ2v) is 4.22. The first-order valence-electron chi connectivity index (χ1n) is 5.66. The van der Waals surface area contributed by atoms with Crippen molar-refractivity contribution < 1.29 is 9.84 Å². The SMILES string of the molecule is CCc1ccc(OCC(O)CN(C)C)cc1. The molecule has 0 aliphatic rings. The molecule has 90 valence electrons. The molecular formula is C13H21NO2. The largest absolute Gasteiger partial charge is 0.491 e. The molecule has 3 heteroatoms. The predicted octanol–water partition coefficient (Wildman–Crippen LogP) is 1.55. The average molecular weight is 223 g/mol. The van der Waals surface area contributed by atoms with Crippen LogP contribution < -0.4 is 4.74 Å². The summed E-state index contributed by atoms with van der Waals surface area (Å²) in [6.07, 6.45) is 0.588. The summed E-state index contributed by atoms with van der Waals surface area (Å²) in [5.74, 6) is 0.815. The first-order chi connectivity index (χ1) is 7.61. The van der Waals surface area contributed by atoms with Gasteiger partial charge >= 0.3 is 0 Å². The summed E-state index contributed by atoms with van der Waals surface area (Å²) in [7, 11) is 3.86. The number of hydrogen-bond donors (Lipinski definition) is 1. The van der Waals surface area contributed by atoms with Gasteiger partial charge < -0.3 is 14.7 Å². The lowest BCUT2D eigenvalue weighted by Crippen LogP contribution is -2.30. The molecule has 0 saturated carbocycles. The molecule has 16 heavy (non-hydrogen) atoms. The van der Waals surface area contributed by atoms with E-state index in [0.717, 1.165) is 12.2 Å². The zero-order chi connectivity index (χ0) is 12.0. The van der Waals surface area contributed by atoms with Gasteiger partial charge in [-0.2, -0.15) is 0 Å². The van der Waals surface area contributed by atoms with Crippen LogP contribution in [0, 0.1) is 0 Å². The predicted molar refractivity (Wildman–Crippen MR) is 65.9 cm³/mol. The quantitative estimate of drug-likeness (QED) is 0.794. The highest BCUT2D eigenvalue weighted by molar-refractivity contribution is 5.27. The van der Waals surface area contributed by atoms with E-state index in [1.807, 2.05) is 43.3 Å². The van der Waals surface area contributed by atoms with Crippen LogP contribution in [0.15, 0.2) is 24.3 Å². The van der Waals surface area contributed by atoms with Crippen LogP contribution in [0.1, 0.15) is 12.5 Å². The molecule has 1 aromatic rings. The Hall–Kier alpha value is -1.06. The lowest BCUT2D eigenvalue weighted by molar-refractivity contribution is 0.0831. The summed E-state index contributed by atoms with van der Waals surface area (Å²) in [6.45, 7) is 3.08. The van der Waals surface area contributed by atoms with Crippen molar-refractivity contribution >= 4 is 0 Å².